The van der Waals surface area contributed by atoms with Crippen molar-refractivity contribution in [2.45, 2.75) is 13.8 Å². The van der Waals surface area contributed by atoms with Crippen molar-refractivity contribution in [1.29, 1.82) is 0 Å². The molecule has 6 nitrogen and oxygen atoms in total. The summed E-state index contributed by atoms with van der Waals surface area (Å²) in [5.74, 6) is 0.136. The van der Waals surface area contributed by atoms with E-state index < -0.39 is 6.03 Å². The highest BCUT2D eigenvalue weighted by atomic mass is 16.2. The summed E-state index contributed by atoms with van der Waals surface area (Å²) in [7, 11) is 0. The summed E-state index contributed by atoms with van der Waals surface area (Å²) in [6.45, 7) is 8.36. The van der Waals surface area contributed by atoms with Gasteiger partial charge < -0.3 is 10.6 Å². The summed E-state index contributed by atoms with van der Waals surface area (Å²) in [5.41, 5.74) is 0. The Hall–Kier alpha value is -1.14. The Bertz CT molecular complexity index is 262. The molecular formula is C11H22N4O2. The number of urea groups is 1. The Morgan fingerprint density at radius 1 is 1.29 bits per heavy atom. The molecule has 0 unspecified atom stereocenters. The molecule has 0 spiro atoms. The third-order valence-electron chi connectivity index (χ3n) is 2.50. The molecule has 1 heterocycles. The van der Waals surface area contributed by atoms with E-state index in [0.717, 1.165) is 26.2 Å². The molecule has 1 fully saturated rings. The van der Waals surface area contributed by atoms with Crippen molar-refractivity contribution in [2.24, 2.45) is 5.92 Å². The van der Waals surface area contributed by atoms with Gasteiger partial charge in [0.1, 0.15) is 0 Å². The van der Waals surface area contributed by atoms with Crippen molar-refractivity contribution in [3.8, 4) is 0 Å². The van der Waals surface area contributed by atoms with Crippen LogP contribution in [-0.4, -0.2) is 56.1 Å². The second-order valence-corrected chi connectivity index (χ2v) is 4.68. The first-order chi connectivity index (χ1) is 8.08. The molecule has 0 atom stereocenters. The Kier molecular flexibility index (Phi) is 5.93. The van der Waals surface area contributed by atoms with Gasteiger partial charge in [-0.05, 0) is 5.92 Å². The van der Waals surface area contributed by atoms with Crippen LogP contribution in [0.2, 0.25) is 0 Å². The van der Waals surface area contributed by atoms with Crippen molar-refractivity contribution in [3.63, 3.8) is 0 Å². The number of rotatable bonds is 4. The average Bonchev–Trinajstić information content (AvgIpc) is 2.27. The summed E-state index contributed by atoms with van der Waals surface area (Å²) in [6.07, 6.45) is 0. The van der Waals surface area contributed by atoms with E-state index in [1.165, 1.54) is 0 Å². The van der Waals surface area contributed by atoms with E-state index in [9.17, 15) is 9.59 Å². The zero-order valence-electron chi connectivity index (χ0n) is 10.6. The smallest absolute Gasteiger partial charge is 0.321 e. The van der Waals surface area contributed by atoms with Crippen LogP contribution in [0, 0.1) is 5.92 Å². The maximum atomic E-state index is 11.5. The van der Waals surface area contributed by atoms with Gasteiger partial charge in [0.15, 0.2) is 0 Å². The molecule has 6 heteroatoms. The normalized spacial score (nSPS) is 16.9. The van der Waals surface area contributed by atoms with Crippen LogP contribution < -0.4 is 16.0 Å². The highest BCUT2D eigenvalue weighted by molar-refractivity contribution is 5.95. The molecule has 0 saturated carbocycles. The summed E-state index contributed by atoms with van der Waals surface area (Å²) in [5, 5.41) is 8.19. The minimum Gasteiger partial charge on any atom is -0.338 e. The van der Waals surface area contributed by atoms with Gasteiger partial charge in [0, 0.05) is 32.7 Å². The molecule has 98 valence electrons. The zero-order chi connectivity index (χ0) is 12.7. The fourth-order valence-electron chi connectivity index (χ4n) is 1.58. The van der Waals surface area contributed by atoms with Crippen LogP contribution in [-0.2, 0) is 4.79 Å². The third kappa shape index (κ3) is 6.23. The Labute approximate surface area is 102 Å². The second kappa shape index (κ2) is 7.24. The molecule has 1 aliphatic heterocycles. The molecule has 3 N–H and O–H groups in total. The number of carbonyl (C=O) groups excluding carboxylic acids is 2. The zero-order valence-corrected chi connectivity index (χ0v) is 10.6. The van der Waals surface area contributed by atoms with Crippen molar-refractivity contribution < 1.29 is 9.59 Å². The number of carbonyl (C=O) groups is 2. The lowest BCUT2D eigenvalue weighted by atomic mass is 10.2. The highest BCUT2D eigenvalue weighted by Gasteiger charge is 2.15. The van der Waals surface area contributed by atoms with E-state index in [1.807, 2.05) is 18.7 Å². The molecule has 0 aromatic rings. The third-order valence-corrected chi connectivity index (χ3v) is 2.50. The van der Waals surface area contributed by atoms with Crippen molar-refractivity contribution in [1.82, 2.24) is 20.9 Å². The van der Waals surface area contributed by atoms with Crippen LogP contribution in [0.4, 0.5) is 4.79 Å². The number of imide groups is 1. The molecule has 0 aromatic carbocycles. The fourth-order valence-corrected chi connectivity index (χ4v) is 1.58. The molecule has 0 aromatic heterocycles. The van der Waals surface area contributed by atoms with E-state index in [-0.39, 0.29) is 12.5 Å². The molecule has 0 radical (unpaired) electrons. The monoisotopic (exact) mass is 242 g/mol. The Morgan fingerprint density at radius 2 is 1.94 bits per heavy atom. The van der Waals surface area contributed by atoms with E-state index >= 15 is 0 Å². The predicted molar refractivity (Wildman–Crippen MR) is 65.7 cm³/mol. The van der Waals surface area contributed by atoms with Gasteiger partial charge in [-0.1, -0.05) is 13.8 Å². The number of piperazine rings is 1. The number of amides is 3. The van der Waals surface area contributed by atoms with Gasteiger partial charge in [-0.2, -0.15) is 0 Å². The molecule has 1 saturated heterocycles. The van der Waals surface area contributed by atoms with Crippen LogP contribution in [0.1, 0.15) is 13.8 Å². The first-order valence-corrected chi connectivity index (χ1v) is 6.08. The minimum atomic E-state index is -0.404. The quantitative estimate of drug-likeness (QED) is 0.614. The van der Waals surface area contributed by atoms with Gasteiger partial charge in [-0.15, -0.1) is 0 Å². The van der Waals surface area contributed by atoms with Crippen molar-refractivity contribution in [3.05, 3.63) is 0 Å². The number of nitrogens with one attached hydrogen (secondary N) is 3. The molecular weight excluding hydrogens is 220 g/mol. The van der Waals surface area contributed by atoms with E-state index in [0.29, 0.717) is 12.5 Å². The second-order valence-electron chi connectivity index (χ2n) is 4.68. The van der Waals surface area contributed by atoms with Gasteiger partial charge in [0.25, 0.3) is 0 Å². The average molecular weight is 242 g/mol. The summed E-state index contributed by atoms with van der Waals surface area (Å²) in [4.78, 5) is 24.9. The summed E-state index contributed by atoms with van der Waals surface area (Å²) < 4.78 is 0. The van der Waals surface area contributed by atoms with Crippen molar-refractivity contribution >= 4 is 11.9 Å². The summed E-state index contributed by atoms with van der Waals surface area (Å²) in [6, 6.07) is -0.404. The number of hydrogen-bond acceptors (Lipinski definition) is 4. The molecule has 3 amide bonds. The maximum Gasteiger partial charge on any atom is 0.321 e. The SMILES string of the molecule is CC(C)CNC(=O)NC(=O)CN1CCNCC1. The van der Waals surface area contributed by atoms with Crippen LogP contribution in [0.15, 0.2) is 0 Å². The van der Waals surface area contributed by atoms with Gasteiger partial charge in [0.05, 0.1) is 6.54 Å². The van der Waals surface area contributed by atoms with Gasteiger partial charge in [-0.25, -0.2) is 4.79 Å². The Morgan fingerprint density at radius 3 is 2.53 bits per heavy atom. The predicted octanol–water partition coefficient (Wildman–Crippen LogP) is -0.627. The van der Waals surface area contributed by atoms with Crippen LogP contribution in [0.25, 0.3) is 0 Å². The first-order valence-electron chi connectivity index (χ1n) is 6.08. The van der Waals surface area contributed by atoms with Gasteiger partial charge >= 0.3 is 6.03 Å². The van der Waals surface area contributed by atoms with Crippen LogP contribution in [0.5, 0.6) is 0 Å². The molecule has 1 aliphatic rings. The lowest BCUT2D eigenvalue weighted by Crippen LogP contribution is -2.50. The van der Waals surface area contributed by atoms with Crippen molar-refractivity contribution in [2.75, 3.05) is 39.3 Å². The standard InChI is InChI=1S/C11H22N4O2/c1-9(2)7-13-11(17)14-10(16)8-15-5-3-12-4-6-15/h9,12H,3-8H2,1-2H3,(H2,13,14,16,17). The van der Waals surface area contributed by atoms with Crippen LogP contribution >= 0.6 is 0 Å². The van der Waals surface area contributed by atoms with Gasteiger partial charge in [0.2, 0.25) is 5.91 Å². The molecule has 1 rings (SSSR count). The fraction of sp³-hybridized carbons (Fsp3) is 0.818. The first kappa shape index (κ1) is 13.9. The van der Waals surface area contributed by atoms with Gasteiger partial charge in [-0.3, -0.25) is 15.0 Å². The largest absolute Gasteiger partial charge is 0.338 e. The van der Waals surface area contributed by atoms with E-state index in [2.05, 4.69) is 16.0 Å². The number of nitrogens with zero attached hydrogens (tertiary/aromatic N) is 1. The molecule has 0 bridgehead atoms. The molecule has 17 heavy (non-hydrogen) atoms. The summed E-state index contributed by atoms with van der Waals surface area (Å²) >= 11 is 0. The highest BCUT2D eigenvalue weighted by Crippen LogP contribution is 1.91. The van der Waals surface area contributed by atoms with Crippen LogP contribution in [0.3, 0.4) is 0 Å². The number of hydrogen-bond donors (Lipinski definition) is 3. The van der Waals surface area contributed by atoms with E-state index in [4.69, 9.17) is 0 Å². The lowest BCUT2D eigenvalue weighted by molar-refractivity contribution is -0.121. The maximum absolute atomic E-state index is 11.5. The Balaban J connectivity index is 2.17. The molecule has 0 aliphatic carbocycles. The minimum absolute atomic E-state index is 0.242. The topological polar surface area (TPSA) is 73.5 Å². The van der Waals surface area contributed by atoms with E-state index in [1.54, 1.807) is 0 Å². The lowest BCUT2D eigenvalue weighted by Gasteiger charge is -2.26.